The zero-order valence-corrected chi connectivity index (χ0v) is 12.3. The molecule has 3 N–H and O–H groups in total. The van der Waals surface area contributed by atoms with Crippen molar-refractivity contribution >= 4 is 11.6 Å². The second kappa shape index (κ2) is 5.67. The number of nitrogens with two attached hydrogens (primary N) is 1. The first kappa shape index (κ1) is 15.8. The number of halogens is 3. The molecule has 0 atom stereocenters. The van der Waals surface area contributed by atoms with E-state index in [1.165, 1.54) is 4.90 Å². The van der Waals surface area contributed by atoms with E-state index in [4.69, 9.17) is 5.84 Å². The van der Waals surface area contributed by atoms with Crippen LogP contribution in [0.5, 0.6) is 0 Å². The summed E-state index contributed by atoms with van der Waals surface area (Å²) in [4.78, 5) is 9.92. The Kier molecular flexibility index (Phi) is 4.27. The van der Waals surface area contributed by atoms with E-state index in [9.17, 15) is 13.2 Å². The number of nitrogens with one attached hydrogen (secondary N) is 1. The fourth-order valence-electron chi connectivity index (χ4n) is 2.16. The molecule has 21 heavy (non-hydrogen) atoms. The summed E-state index contributed by atoms with van der Waals surface area (Å²) >= 11 is 0. The van der Waals surface area contributed by atoms with Crippen LogP contribution >= 0.6 is 0 Å². The van der Waals surface area contributed by atoms with Gasteiger partial charge >= 0.3 is 6.18 Å². The number of nitrogens with zero attached hydrogens (tertiary/aromatic N) is 3. The van der Waals surface area contributed by atoms with Gasteiger partial charge in [0.1, 0.15) is 24.0 Å². The first-order chi connectivity index (χ1) is 9.73. The third-order valence-electron chi connectivity index (χ3n) is 3.40. The Balaban J connectivity index is 2.45. The van der Waals surface area contributed by atoms with Crippen LogP contribution in [0.25, 0.3) is 0 Å². The molecule has 1 fully saturated rings. The van der Waals surface area contributed by atoms with Crippen molar-refractivity contribution in [1.29, 1.82) is 0 Å². The van der Waals surface area contributed by atoms with Gasteiger partial charge in [-0.1, -0.05) is 13.8 Å². The van der Waals surface area contributed by atoms with Crippen molar-refractivity contribution in [3.63, 3.8) is 0 Å². The van der Waals surface area contributed by atoms with E-state index in [0.29, 0.717) is 23.0 Å². The van der Waals surface area contributed by atoms with E-state index in [1.54, 1.807) is 6.92 Å². The van der Waals surface area contributed by atoms with Gasteiger partial charge in [0, 0.05) is 17.5 Å². The Labute approximate surface area is 121 Å². The van der Waals surface area contributed by atoms with Crippen LogP contribution in [0.2, 0.25) is 0 Å². The summed E-state index contributed by atoms with van der Waals surface area (Å²) in [5.74, 6) is 6.61. The summed E-state index contributed by atoms with van der Waals surface area (Å²) in [6.07, 6.45) is -2.77. The Morgan fingerprint density at radius 2 is 1.95 bits per heavy atom. The van der Waals surface area contributed by atoms with Crippen LogP contribution in [0.1, 0.15) is 44.0 Å². The van der Waals surface area contributed by atoms with E-state index < -0.39 is 12.7 Å². The van der Waals surface area contributed by atoms with Crippen LogP contribution in [0.4, 0.5) is 24.8 Å². The largest absolute Gasteiger partial charge is 0.405 e. The predicted octanol–water partition coefficient (Wildman–Crippen LogP) is 2.73. The Bertz CT molecular complexity index is 511. The number of alkyl halides is 3. The number of rotatable bonds is 5. The molecule has 118 valence electrons. The molecule has 0 spiro atoms. The molecule has 0 saturated heterocycles. The molecule has 2 rings (SSSR count). The highest BCUT2D eigenvalue weighted by Crippen LogP contribution is 2.36. The fourth-order valence-corrected chi connectivity index (χ4v) is 2.16. The molecule has 1 saturated carbocycles. The smallest absolute Gasteiger partial charge is 0.344 e. The van der Waals surface area contributed by atoms with Crippen molar-refractivity contribution in [1.82, 2.24) is 9.97 Å². The lowest BCUT2D eigenvalue weighted by atomic mass is 10.2. The fraction of sp³-hybridized carbons (Fsp3) is 0.692. The summed E-state index contributed by atoms with van der Waals surface area (Å²) in [7, 11) is 0. The normalized spacial score (nSPS) is 15.4. The van der Waals surface area contributed by atoms with E-state index in [2.05, 4.69) is 15.4 Å². The van der Waals surface area contributed by atoms with Crippen molar-refractivity contribution in [2.24, 2.45) is 5.84 Å². The van der Waals surface area contributed by atoms with Crippen molar-refractivity contribution in [3.8, 4) is 0 Å². The third kappa shape index (κ3) is 3.75. The maximum atomic E-state index is 12.8. The zero-order chi connectivity index (χ0) is 15.8. The standard InChI is InChI=1S/C13H20F3N5/c1-7(2)10-18-11(20-17)8(3)12(19-10)21(9-4-5-9)6-13(14,15)16/h7,9H,4-6,17H2,1-3H3,(H,18,19,20). The average molecular weight is 303 g/mol. The van der Waals surface area contributed by atoms with Crippen LogP contribution in [0.15, 0.2) is 0 Å². The first-order valence-corrected chi connectivity index (χ1v) is 6.91. The van der Waals surface area contributed by atoms with Crippen molar-refractivity contribution in [3.05, 3.63) is 11.4 Å². The highest BCUT2D eigenvalue weighted by molar-refractivity contribution is 5.59. The number of nitrogen functional groups attached to an aromatic ring is 1. The molecule has 1 aliphatic carbocycles. The molecule has 1 aromatic heterocycles. The summed E-state index contributed by atoms with van der Waals surface area (Å²) < 4.78 is 38.5. The van der Waals surface area contributed by atoms with Gasteiger partial charge in [-0.3, -0.25) is 0 Å². The monoisotopic (exact) mass is 303 g/mol. The molecule has 0 aliphatic heterocycles. The molecule has 0 aromatic carbocycles. The van der Waals surface area contributed by atoms with Gasteiger partial charge in [0.2, 0.25) is 0 Å². The lowest BCUT2D eigenvalue weighted by molar-refractivity contribution is -0.120. The van der Waals surface area contributed by atoms with Gasteiger partial charge < -0.3 is 10.3 Å². The molecular weight excluding hydrogens is 283 g/mol. The molecule has 0 radical (unpaired) electrons. The molecule has 0 unspecified atom stereocenters. The van der Waals surface area contributed by atoms with Crippen LogP contribution in [-0.2, 0) is 0 Å². The predicted molar refractivity (Wildman–Crippen MR) is 75.1 cm³/mol. The molecule has 0 amide bonds. The number of anilines is 2. The minimum atomic E-state index is -4.27. The quantitative estimate of drug-likeness (QED) is 0.646. The maximum absolute atomic E-state index is 12.8. The maximum Gasteiger partial charge on any atom is 0.405 e. The Morgan fingerprint density at radius 1 is 1.33 bits per heavy atom. The van der Waals surface area contributed by atoms with Gasteiger partial charge in [0.25, 0.3) is 0 Å². The Morgan fingerprint density at radius 3 is 2.38 bits per heavy atom. The van der Waals surface area contributed by atoms with Gasteiger partial charge in [-0.15, -0.1) is 0 Å². The lowest BCUT2D eigenvalue weighted by Gasteiger charge is -2.27. The molecule has 0 bridgehead atoms. The van der Waals surface area contributed by atoms with E-state index in [0.717, 1.165) is 12.8 Å². The summed E-state index contributed by atoms with van der Waals surface area (Å²) in [6, 6.07) is -0.106. The molecule has 1 aliphatic rings. The average Bonchev–Trinajstić information content (AvgIpc) is 3.19. The van der Waals surface area contributed by atoms with Crippen molar-refractivity contribution < 1.29 is 13.2 Å². The summed E-state index contributed by atoms with van der Waals surface area (Å²) in [5.41, 5.74) is 2.99. The summed E-state index contributed by atoms with van der Waals surface area (Å²) in [5, 5.41) is 0. The minimum Gasteiger partial charge on any atom is -0.344 e. The topological polar surface area (TPSA) is 67.1 Å². The second-order valence-electron chi connectivity index (χ2n) is 5.65. The third-order valence-corrected chi connectivity index (χ3v) is 3.40. The lowest BCUT2D eigenvalue weighted by Crippen LogP contribution is -2.37. The van der Waals surface area contributed by atoms with Crippen LogP contribution in [0, 0.1) is 6.92 Å². The van der Waals surface area contributed by atoms with Crippen LogP contribution < -0.4 is 16.2 Å². The van der Waals surface area contributed by atoms with Crippen LogP contribution in [-0.4, -0.2) is 28.7 Å². The number of hydrogen-bond acceptors (Lipinski definition) is 5. The molecule has 5 nitrogen and oxygen atoms in total. The number of hydrazine groups is 1. The van der Waals surface area contributed by atoms with Crippen molar-refractivity contribution in [2.75, 3.05) is 16.9 Å². The first-order valence-electron chi connectivity index (χ1n) is 6.91. The van der Waals surface area contributed by atoms with E-state index in [-0.39, 0.29) is 12.0 Å². The van der Waals surface area contributed by atoms with Gasteiger partial charge in [0.05, 0.1) is 0 Å². The van der Waals surface area contributed by atoms with E-state index >= 15 is 0 Å². The van der Waals surface area contributed by atoms with Gasteiger partial charge in [-0.25, -0.2) is 15.8 Å². The number of hydrogen-bond donors (Lipinski definition) is 2. The molecule has 1 heterocycles. The highest BCUT2D eigenvalue weighted by Gasteiger charge is 2.39. The van der Waals surface area contributed by atoms with E-state index in [1.807, 2.05) is 13.8 Å². The summed E-state index contributed by atoms with van der Waals surface area (Å²) in [6.45, 7) is 4.46. The zero-order valence-electron chi connectivity index (χ0n) is 12.3. The second-order valence-corrected chi connectivity index (χ2v) is 5.65. The highest BCUT2D eigenvalue weighted by atomic mass is 19.4. The SMILES string of the molecule is Cc1c(NN)nc(C(C)C)nc1N(CC(F)(F)F)C1CC1. The van der Waals surface area contributed by atoms with Crippen molar-refractivity contribution in [2.45, 2.75) is 51.7 Å². The van der Waals surface area contributed by atoms with Gasteiger partial charge in [-0.05, 0) is 19.8 Å². The van der Waals surface area contributed by atoms with Gasteiger partial charge in [-0.2, -0.15) is 13.2 Å². The minimum absolute atomic E-state index is 0.00314. The molecule has 8 heteroatoms. The number of aromatic nitrogens is 2. The van der Waals surface area contributed by atoms with Crippen LogP contribution in [0.3, 0.4) is 0 Å². The Hall–Kier alpha value is -1.57. The molecule has 1 aromatic rings. The van der Waals surface area contributed by atoms with Gasteiger partial charge in [0.15, 0.2) is 0 Å². The molecular formula is C13H20F3N5.